The molecule has 0 amide bonds. The number of rotatable bonds is 3. The van der Waals surface area contributed by atoms with Gasteiger partial charge in [-0.25, -0.2) is 0 Å². The first-order valence-corrected chi connectivity index (χ1v) is 3.30. The molecule has 54 valence electrons. The average Bonchev–Trinajstić information content (AvgIpc) is 1.69. The second-order valence-corrected chi connectivity index (χ2v) is 2.58. The Morgan fingerprint density at radius 3 is 1.44 bits per heavy atom. The van der Waals surface area contributed by atoms with Crippen molar-refractivity contribution in [2.75, 3.05) is 0 Å². The zero-order chi connectivity index (χ0) is 6.57. The van der Waals surface area contributed by atoms with Crippen molar-refractivity contribution in [1.82, 2.24) is 0 Å². The monoisotopic (exact) mass is 296 g/mol. The quantitative estimate of drug-likeness (QED) is 0.703. The van der Waals surface area contributed by atoms with Gasteiger partial charge >= 0.3 is 21.1 Å². The van der Waals surface area contributed by atoms with Gasteiger partial charge in [-0.2, -0.15) is 12.8 Å². The molecule has 0 saturated carbocycles. The summed E-state index contributed by atoms with van der Waals surface area (Å²) in [5.41, 5.74) is 0. The third-order valence-corrected chi connectivity index (χ3v) is 1.68. The molecule has 0 aromatic carbocycles. The summed E-state index contributed by atoms with van der Waals surface area (Å²) in [6.07, 6.45) is 2.06. The van der Waals surface area contributed by atoms with Crippen LogP contribution in [0.2, 0.25) is 0 Å². The van der Waals surface area contributed by atoms with Gasteiger partial charge in [0.1, 0.15) is 0 Å². The van der Waals surface area contributed by atoms with E-state index in [1.54, 1.807) is 0 Å². The molecule has 9 heavy (non-hydrogen) atoms. The van der Waals surface area contributed by atoms with Crippen LogP contribution in [-0.4, -0.2) is 0 Å². The smallest absolute Gasteiger partial charge is 0.343 e. The zero-order valence-electron chi connectivity index (χ0n) is 6.39. The summed E-state index contributed by atoms with van der Waals surface area (Å²) in [5.74, 6) is 1.49. The van der Waals surface area contributed by atoms with Crippen molar-refractivity contribution in [3.8, 4) is 0 Å². The van der Waals surface area contributed by atoms with Gasteiger partial charge in [0.15, 0.2) is 0 Å². The molecule has 0 aliphatic carbocycles. The maximum absolute atomic E-state index is 3.84. The molecule has 0 heterocycles. The molecule has 0 bridgehead atoms. The standard InChI is InChI=1S/C8H16.W/c1-5-8(6-2)7(3)4;/h7-8H,1-2,5-6H2,3-4H3;/q-2;+2. The third kappa shape index (κ3) is 5.15. The largest absolute Gasteiger partial charge is 2.00 e. The van der Waals surface area contributed by atoms with Gasteiger partial charge in [0.05, 0.1) is 0 Å². The topological polar surface area (TPSA) is 0 Å². The van der Waals surface area contributed by atoms with Gasteiger partial charge in [0.25, 0.3) is 0 Å². The van der Waals surface area contributed by atoms with Crippen LogP contribution in [0.3, 0.4) is 0 Å². The fourth-order valence-corrected chi connectivity index (χ4v) is 0.811. The van der Waals surface area contributed by atoms with Crippen LogP contribution in [0.1, 0.15) is 26.7 Å². The molecule has 0 nitrogen and oxygen atoms in total. The van der Waals surface area contributed by atoms with Gasteiger partial charge in [-0.1, -0.05) is 19.8 Å². The summed E-state index contributed by atoms with van der Waals surface area (Å²) < 4.78 is 0. The predicted octanol–water partition coefficient (Wildman–Crippen LogP) is 2.70. The van der Waals surface area contributed by atoms with Gasteiger partial charge < -0.3 is 13.8 Å². The van der Waals surface area contributed by atoms with Crippen LogP contribution >= 0.6 is 0 Å². The summed E-state index contributed by atoms with van der Waals surface area (Å²) in [7, 11) is 0. The third-order valence-electron chi connectivity index (χ3n) is 1.68. The van der Waals surface area contributed by atoms with Crippen molar-refractivity contribution < 1.29 is 21.1 Å². The molecule has 0 aromatic heterocycles. The second kappa shape index (κ2) is 6.80. The minimum Gasteiger partial charge on any atom is -0.343 e. The first kappa shape index (κ1) is 12.4. The Bertz CT molecular complexity index is 46.5. The Hall–Kier alpha value is 0.688. The zero-order valence-corrected chi connectivity index (χ0v) is 9.32. The van der Waals surface area contributed by atoms with Crippen molar-refractivity contribution in [3.05, 3.63) is 13.8 Å². The van der Waals surface area contributed by atoms with Crippen LogP contribution in [0.25, 0.3) is 0 Å². The van der Waals surface area contributed by atoms with Crippen LogP contribution < -0.4 is 0 Å². The fourth-order valence-electron chi connectivity index (χ4n) is 0.811. The molecule has 1 heteroatoms. The Kier molecular flexibility index (Phi) is 9.35. The predicted molar refractivity (Wildman–Crippen MR) is 38.3 cm³/mol. The van der Waals surface area contributed by atoms with Gasteiger partial charge in [0.2, 0.25) is 0 Å². The van der Waals surface area contributed by atoms with Crippen LogP contribution in [0.5, 0.6) is 0 Å². The summed E-state index contributed by atoms with van der Waals surface area (Å²) in [6.45, 7) is 12.1. The van der Waals surface area contributed by atoms with E-state index in [1.807, 2.05) is 0 Å². The van der Waals surface area contributed by atoms with Crippen molar-refractivity contribution in [2.24, 2.45) is 11.8 Å². The minimum atomic E-state index is 0. The fraction of sp³-hybridized carbons (Fsp3) is 0.750. The van der Waals surface area contributed by atoms with Gasteiger partial charge in [-0.05, 0) is 5.92 Å². The molecule has 0 unspecified atom stereocenters. The first-order chi connectivity index (χ1) is 3.72. The Labute approximate surface area is 73.7 Å². The van der Waals surface area contributed by atoms with E-state index in [0.29, 0.717) is 0 Å². The van der Waals surface area contributed by atoms with E-state index in [-0.39, 0.29) is 21.1 Å². The molecule has 0 spiro atoms. The molecular weight excluding hydrogens is 280 g/mol. The van der Waals surface area contributed by atoms with Crippen molar-refractivity contribution in [2.45, 2.75) is 26.7 Å². The molecule has 0 aromatic rings. The maximum atomic E-state index is 3.84. The first-order valence-electron chi connectivity index (χ1n) is 3.30. The molecule has 0 saturated heterocycles. The van der Waals surface area contributed by atoms with E-state index in [1.165, 1.54) is 0 Å². The normalized spacial score (nSPS) is 10.0. The van der Waals surface area contributed by atoms with Crippen molar-refractivity contribution in [1.29, 1.82) is 0 Å². The van der Waals surface area contributed by atoms with Crippen LogP contribution in [0.15, 0.2) is 0 Å². The molecule has 0 rings (SSSR count). The number of hydrogen-bond acceptors (Lipinski definition) is 0. The summed E-state index contributed by atoms with van der Waals surface area (Å²) in [6, 6.07) is 0. The van der Waals surface area contributed by atoms with E-state index >= 15 is 0 Å². The van der Waals surface area contributed by atoms with Crippen LogP contribution in [0, 0.1) is 25.7 Å². The second-order valence-electron chi connectivity index (χ2n) is 2.58. The summed E-state index contributed by atoms with van der Waals surface area (Å²) >= 11 is 0. The van der Waals surface area contributed by atoms with Crippen molar-refractivity contribution >= 4 is 0 Å². The van der Waals surface area contributed by atoms with E-state index < -0.39 is 0 Å². The van der Waals surface area contributed by atoms with Crippen LogP contribution in [-0.2, 0) is 21.1 Å². The van der Waals surface area contributed by atoms with E-state index in [2.05, 4.69) is 27.7 Å². The molecular formula is C8H16W. The SMILES string of the molecule is [CH2-]CC(C[CH2-])C(C)C.[W+2]. The molecule has 0 atom stereocenters. The molecule has 0 N–H and O–H groups in total. The Morgan fingerprint density at radius 1 is 1.11 bits per heavy atom. The molecule has 0 radical (unpaired) electrons. The van der Waals surface area contributed by atoms with Crippen molar-refractivity contribution in [3.63, 3.8) is 0 Å². The maximum Gasteiger partial charge on any atom is 2.00 e. The van der Waals surface area contributed by atoms with Gasteiger partial charge in [0, 0.05) is 0 Å². The summed E-state index contributed by atoms with van der Waals surface area (Å²) in [4.78, 5) is 0. The Balaban J connectivity index is 0. The van der Waals surface area contributed by atoms with Gasteiger partial charge in [-0.3, -0.25) is 0 Å². The van der Waals surface area contributed by atoms with E-state index in [0.717, 1.165) is 24.7 Å². The number of hydrogen-bond donors (Lipinski definition) is 0. The van der Waals surface area contributed by atoms with Gasteiger partial charge in [-0.15, -0.1) is 0 Å². The molecule has 0 aliphatic heterocycles. The average molecular weight is 296 g/mol. The van der Waals surface area contributed by atoms with E-state index in [9.17, 15) is 0 Å². The molecule has 0 aliphatic rings. The molecule has 0 fully saturated rings. The minimum absolute atomic E-state index is 0. The summed E-state index contributed by atoms with van der Waals surface area (Å²) in [5, 5.41) is 0. The Morgan fingerprint density at radius 2 is 1.44 bits per heavy atom. The van der Waals surface area contributed by atoms with Crippen LogP contribution in [0.4, 0.5) is 0 Å². The van der Waals surface area contributed by atoms with E-state index in [4.69, 9.17) is 0 Å².